The van der Waals surface area contributed by atoms with Crippen LogP contribution < -0.4 is 0 Å². The van der Waals surface area contributed by atoms with Crippen molar-refractivity contribution in [3.63, 3.8) is 0 Å². The van der Waals surface area contributed by atoms with Crippen LogP contribution >= 0.6 is 0 Å². The topological polar surface area (TPSA) is 51.0 Å². The predicted molar refractivity (Wildman–Crippen MR) is 93.9 cm³/mol. The second-order valence-corrected chi connectivity index (χ2v) is 7.66. The fraction of sp³-hybridized carbons (Fsp3) is 0.632. The van der Waals surface area contributed by atoms with Crippen molar-refractivity contribution in [2.24, 2.45) is 11.8 Å². The number of carbonyl (C=O) groups excluding carboxylic acids is 1. The third-order valence-corrected chi connectivity index (χ3v) is 5.75. The molecule has 1 saturated heterocycles. The Morgan fingerprint density at radius 1 is 1.17 bits per heavy atom. The van der Waals surface area contributed by atoms with Gasteiger partial charge < -0.3 is 4.90 Å². The quantitative estimate of drug-likeness (QED) is 0.846. The molecule has 1 aliphatic carbocycles. The average molecular weight is 326 g/mol. The van der Waals surface area contributed by atoms with Crippen LogP contribution in [0.2, 0.25) is 0 Å². The van der Waals surface area contributed by atoms with E-state index in [1.807, 2.05) is 21.8 Å². The molecule has 5 nitrogen and oxygen atoms in total. The molecule has 24 heavy (non-hydrogen) atoms. The number of likely N-dealkylation sites (tertiary alicyclic amines) is 1. The largest absolute Gasteiger partial charge is 0.338 e. The van der Waals surface area contributed by atoms with Gasteiger partial charge in [0.25, 0.3) is 5.91 Å². The number of amides is 1. The van der Waals surface area contributed by atoms with E-state index in [0.29, 0.717) is 11.5 Å². The third kappa shape index (κ3) is 2.70. The van der Waals surface area contributed by atoms with Crippen LogP contribution in [0.25, 0.3) is 11.0 Å². The summed E-state index contributed by atoms with van der Waals surface area (Å²) in [5.74, 6) is 1.68. The molecule has 0 radical (unpaired) electrons. The van der Waals surface area contributed by atoms with Crippen molar-refractivity contribution >= 4 is 16.9 Å². The minimum Gasteiger partial charge on any atom is -0.338 e. The standard InChI is InChI=1S/C19H26N4O/c1-13(2)23-18-16(11-21-23)9-17(10-20-18)19(24)22-8-7-14-5-3-4-6-15(14)12-22/h9-11,13-15H,3-8,12H2,1-2H3/t14-,15-/m1/s1. The van der Waals surface area contributed by atoms with Gasteiger partial charge in [-0.1, -0.05) is 19.3 Å². The van der Waals surface area contributed by atoms with Crippen LogP contribution in [0.3, 0.4) is 0 Å². The van der Waals surface area contributed by atoms with Gasteiger partial charge in [-0.3, -0.25) is 4.79 Å². The lowest BCUT2D eigenvalue weighted by Gasteiger charge is -2.41. The normalized spacial score (nSPS) is 24.4. The molecule has 2 aliphatic rings. The molecule has 0 unspecified atom stereocenters. The summed E-state index contributed by atoms with van der Waals surface area (Å²) in [6, 6.07) is 2.21. The molecule has 5 heteroatoms. The van der Waals surface area contributed by atoms with Gasteiger partial charge >= 0.3 is 0 Å². The zero-order valence-corrected chi connectivity index (χ0v) is 14.6. The maximum atomic E-state index is 12.9. The zero-order chi connectivity index (χ0) is 16.7. The Bertz CT molecular complexity index is 751. The van der Waals surface area contributed by atoms with E-state index in [4.69, 9.17) is 0 Å². The van der Waals surface area contributed by atoms with Crippen LogP contribution in [0.15, 0.2) is 18.5 Å². The Balaban J connectivity index is 1.55. The number of fused-ring (bicyclic) bond motifs is 2. The predicted octanol–water partition coefficient (Wildman–Crippen LogP) is 3.66. The van der Waals surface area contributed by atoms with Gasteiger partial charge in [-0.05, 0) is 44.6 Å². The smallest absolute Gasteiger partial charge is 0.255 e. The molecule has 0 aromatic carbocycles. The van der Waals surface area contributed by atoms with E-state index >= 15 is 0 Å². The van der Waals surface area contributed by atoms with Crippen molar-refractivity contribution in [3.05, 3.63) is 24.0 Å². The molecular formula is C19H26N4O. The molecule has 4 rings (SSSR count). The van der Waals surface area contributed by atoms with Gasteiger partial charge in [0.1, 0.15) is 0 Å². The van der Waals surface area contributed by atoms with E-state index < -0.39 is 0 Å². The summed E-state index contributed by atoms with van der Waals surface area (Å²) in [6.45, 7) is 5.99. The second-order valence-electron chi connectivity index (χ2n) is 7.66. The summed E-state index contributed by atoms with van der Waals surface area (Å²) in [5.41, 5.74) is 1.55. The molecule has 2 fully saturated rings. The maximum Gasteiger partial charge on any atom is 0.255 e. The van der Waals surface area contributed by atoms with Crippen LogP contribution in [0.1, 0.15) is 62.4 Å². The highest BCUT2D eigenvalue weighted by molar-refractivity contribution is 5.96. The number of rotatable bonds is 2. The lowest BCUT2D eigenvalue weighted by molar-refractivity contribution is 0.0520. The lowest BCUT2D eigenvalue weighted by atomic mass is 9.75. The van der Waals surface area contributed by atoms with Gasteiger partial charge in [0.2, 0.25) is 0 Å². The SMILES string of the molecule is CC(C)n1ncc2cc(C(=O)N3CC[C@H]4CCCC[C@@H]4C3)cnc21. The van der Waals surface area contributed by atoms with E-state index in [1.165, 1.54) is 25.7 Å². The molecule has 2 aromatic heterocycles. The monoisotopic (exact) mass is 326 g/mol. The first kappa shape index (κ1) is 15.6. The fourth-order valence-corrected chi connectivity index (χ4v) is 4.40. The van der Waals surface area contributed by atoms with Crippen LogP contribution in [0.5, 0.6) is 0 Å². The van der Waals surface area contributed by atoms with Crippen LogP contribution in [-0.4, -0.2) is 38.7 Å². The number of carbonyl (C=O) groups is 1. The Labute approximate surface area is 143 Å². The van der Waals surface area contributed by atoms with E-state index in [2.05, 4.69) is 23.9 Å². The molecule has 1 aliphatic heterocycles. The number of hydrogen-bond donors (Lipinski definition) is 0. The van der Waals surface area contributed by atoms with Crippen LogP contribution in [-0.2, 0) is 0 Å². The first-order chi connectivity index (χ1) is 11.6. The highest BCUT2D eigenvalue weighted by atomic mass is 16.2. The summed E-state index contributed by atoms with van der Waals surface area (Å²) in [4.78, 5) is 19.5. The van der Waals surface area contributed by atoms with E-state index in [1.54, 1.807) is 6.20 Å². The summed E-state index contributed by atoms with van der Waals surface area (Å²) >= 11 is 0. The summed E-state index contributed by atoms with van der Waals surface area (Å²) < 4.78 is 1.90. The van der Waals surface area contributed by atoms with Crippen molar-refractivity contribution in [2.45, 2.75) is 52.0 Å². The van der Waals surface area contributed by atoms with Gasteiger partial charge in [-0.2, -0.15) is 5.10 Å². The zero-order valence-electron chi connectivity index (χ0n) is 14.6. The first-order valence-electron chi connectivity index (χ1n) is 9.26. The van der Waals surface area contributed by atoms with Gasteiger partial charge in [0.15, 0.2) is 5.65 Å². The second kappa shape index (κ2) is 6.19. The number of pyridine rings is 1. The highest BCUT2D eigenvalue weighted by Crippen LogP contribution is 2.36. The minimum absolute atomic E-state index is 0.130. The minimum atomic E-state index is 0.130. The van der Waals surface area contributed by atoms with Gasteiger partial charge in [-0.25, -0.2) is 9.67 Å². The lowest BCUT2D eigenvalue weighted by Crippen LogP contribution is -2.44. The Hall–Kier alpha value is -1.91. The molecule has 2 aromatic rings. The van der Waals surface area contributed by atoms with Crippen molar-refractivity contribution in [1.82, 2.24) is 19.7 Å². The van der Waals surface area contributed by atoms with Crippen molar-refractivity contribution in [1.29, 1.82) is 0 Å². The Morgan fingerprint density at radius 3 is 2.75 bits per heavy atom. The molecule has 128 valence electrons. The fourth-order valence-electron chi connectivity index (χ4n) is 4.40. The number of hydrogen-bond acceptors (Lipinski definition) is 3. The summed E-state index contributed by atoms with van der Waals surface area (Å²) in [6.07, 6.45) is 10.0. The van der Waals surface area contributed by atoms with E-state index in [-0.39, 0.29) is 11.9 Å². The maximum absolute atomic E-state index is 12.9. The molecule has 1 amide bonds. The van der Waals surface area contributed by atoms with E-state index in [9.17, 15) is 4.79 Å². The third-order valence-electron chi connectivity index (χ3n) is 5.75. The van der Waals surface area contributed by atoms with E-state index in [0.717, 1.165) is 36.5 Å². The van der Waals surface area contributed by atoms with Crippen LogP contribution in [0, 0.1) is 11.8 Å². The number of nitrogens with zero attached hydrogens (tertiary/aromatic N) is 4. The molecule has 0 N–H and O–H groups in total. The van der Waals surface area contributed by atoms with Gasteiger partial charge in [0.05, 0.1) is 11.8 Å². The van der Waals surface area contributed by atoms with Crippen molar-refractivity contribution < 1.29 is 4.79 Å². The molecule has 0 spiro atoms. The first-order valence-corrected chi connectivity index (χ1v) is 9.26. The Morgan fingerprint density at radius 2 is 1.96 bits per heavy atom. The average Bonchev–Trinajstić information content (AvgIpc) is 3.04. The molecule has 1 saturated carbocycles. The van der Waals surface area contributed by atoms with Crippen molar-refractivity contribution in [3.8, 4) is 0 Å². The van der Waals surface area contributed by atoms with Gasteiger partial charge in [0, 0.05) is 30.7 Å². The molecular weight excluding hydrogens is 300 g/mol. The summed E-state index contributed by atoms with van der Waals surface area (Å²) in [5, 5.41) is 5.34. The number of piperidine rings is 1. The highest BCUT2D eigenvalue weighted by Gasteiger charge is 2.33. The Kier molecular flexibility index (Phi) is 4.02. The summed E-state index contributed by atoms with van der Waals surface area (Å²) in [7, 11) is 0. The van der Waals surface area contributed by atoms with Crippen LogP contribution in [0.4, 0.5) is 0 Å². The molecule has 2 atom stereocenters. The molecule has 3 heterocycles. The number of aromatic nitrogens is 3. The molecule has 0 bridgehead atoms. The van der Waals surface area contributed by atoms with Crippen molar-refractivity contribution in [2.75, 3.05) is 13.1 Å². The van der Waals surface area contributed by atoms with Gasteiger partial charge in [-0.15, -0.1) is 0 Å².